The SMILES string of the molecule is CC[NH+]1CC[NH+](CCCSc2ccc(Cl)cc2)CC1. The number of rotatable bonds is 6. The highest BCUT2D eigenvalue weighted by Gasteiger charge is 2.20. The molecule has 0 amide bonds. The molecule has 1 aromatic carbocycles. The summed E-state index contributed by atoms with van der Waals surface area (Å²) in [5, 5.41) is 0.824. The molecule has 1 aliphatic heterocycles. The first kappa shape index (κ1) is 15.2. The molecule has 0 unspecified atom stereocenters. The number of thioether (sulfide) groups is 1. The van der Waals surface area contributed by atoms with E-state index < -0.39 is 0 Å². The van der Waals surface area contributed by atoms with Crippen LogP contribution in [0.3, 0.4) is 0 Å². The predicted molar refractivity (Wildman–Crippen MR) is 83.6 cm³/mol. The Hall–Kier alpha value is -0.220. The summed E-state index contributed by atoms with van der Waals surface area (Å²) in [6.45, 7) is 10.3. The Kier molecular flexibility index (Phi) is 6.51. The fraction of sp³-hybridized carbons (Fsp3) is 0.600. The maximum Gasteiger partial charge on any atom is 0.127 e. The summed E-state index contributed by atoms with van der Waals surface area (Å²) in [6, 6.07) is 8.18. The van der Waals surface area contributed by atoms with Crippen LogP contribution in [0.1, 0.15) is 13.3 Å². The second-order valence-corrected chi connectivity index (χ2v) is 6.86. The van der Waals surface area contributed by atoms with E-state index in [4.69, 9.17) is 11.6 Å². The normalized spacial score (nSPS) is 23.5. The highest BCUT2D eigenvalue weighted by atomic mass is 35.5. The monoisotopic (exact) mass is 300 g/mol. The molecule has 0 saturated carbocycles. The topological polar surface area (TPSA) is 8.88 Å². The van der Waals surface area contributed by atoms with Crippen molar-refractivity contribution in [1.29, 1.82) is 0 Å². The summed E-state index contributed by atoms with van der Waals surface area (Å²) in [4.78, 5) is 4.91. The maximum atomic E-state index is 5.88. The third-order valence-corrected chi connectivity index (χ3v) is 5.27. The number of nitrogens with one attached hydrogen (secondary N) is 2. The van der Waals surface area contributed by atoms with Gasteiger partial charge in [0, 0.05) is 22.1 Å². The summed E-state index contributed by atoms with van der Waals surface area (Å²) in [5.74, 6) is 1.22. The van der Waals surface area contributed by atoms with Gasteiger partial charge in [0.25, 0.3) is 0 Å². The lowest BCUT2D eigenvalue weighted by atomic mass is 10.3. The van der Waals surface area contributed by atoms with Crippen LogP contribution in [0, 0.1) is 0 Å². The number of hydrogen-bond donors (Lipinski definition) is 2. The largest absolute Gasteiger partial charge is 0.326 e. The van der Waals surface area contributed by atoms with Gasteiger partial charge < -0.3 is 9.80 Å². The van der Waals surface area contributed by atoms with Gasteiger partial charge >= 0.3 is 0 Å². The molecule has 1 fully saturated rings. The molecule has 4 heteroatoms. The number of halogens is 1. The van der Waals surface area contributed by atoms with E-state index in [0.29, 0.717) is 0 Å². The lowest BCUT2D eigenvalue weighted by molar-refractivity contribution is -1.01. The molecule has 1 heterocycles. The van der Waals surface area contributed by atoms with Crippen LogP contribution in [0.15, 0.2) is 29.2 Å². The maximum absolute atomic E-state index is 5.88. The highest BCUT2D eigenvalue weighted by Crippen LogP contribution is 2.20. The molecule has 0 aliphatic carbocycles. The Labute approximate surface area is 126 Å². The standard InChI is InChI=1S/C15H23ClN2S/c1-2-17-9-11-18(12-10-17)8-3-13-19-15-6-4-14(16)5-7-15/h4-7H,2-3,8-13H2,1H3/p+2. The van der Waals surface area contributed by atoms with Crippen LogP contribution in [-0.2, 0) is 0 Å². The lowest BCUT2D eigenvalue weighted by Gasteiger charge is -2.28. The van der Waals surface area contributed by atoms with Crippen molar-refractivity contribution < 1.29 is 9.80 Å². The van der Waals surface area contributed by atoms with Crippen molar-refractivity contribution in [3.8, 4) is 0 Å². The van der Waals surface area contributed by atoms with Gasteiger partial charge in [0.1, 0.15) is 26.2 Å². The molecule has 106 valence electrons. The van der Waals surface area contributed by atoms with E-state index in [1.54, 1.807) is 9.80 Å². The first-order valence-corrected chi connectivity index (χ1v) is 8.70. The van der Waals surface area contributed by atoms with Crippen LogP contribution in [-0.4, -0.2) is 45.0 Å². The van der Waals surface area contributed by atoms with E-state index in [9.17, 15) is 0 Å². The molecule has 0 radical (unpaired) electrons. The number of quaternary nitrogens is 2. The second kappa shape index (κ2) is 8.15. The Morgan fingerprint density at radius 3 is 2.32 bits per heavy atom. The van der Waals surface area contributed by atoms with Crippen molar-refractivity contribution in [2.24, 2.45) is 0 Å². The van der Waals surface area contributed by atoms with Crippen molar-refractivity contribution in [2.45, 2.75) is 18.2 Å². The highest BCUT2D eigenvalue weighted by molar-refractivity contribution is 7.99. The minimum absolute atomic E-state index is 0.824. The summed E-state index contributed by atoms with van der Waals surface area (Å²) in [5.41, 5.74) is 0. The number of benzene rings is 1. The molecule has 2 nitrogen and oxygen atoms in total. The fourth-order valence-corrected chi connectivity index (χ4v) is 3.58. The molecule has 2 N–H and O–H groups in total. The zero-order chi connectivity index (χ0) is 13.5. The van der Waals surface area contributed by atoms with Crippen LogP contribution >= 0.6 is 23.4 Å². The Balaban J connectivity index is 1.58. The van der Waals surface area contributed by atoms with E-state index >= 15 is 0 Å². The first-order valence-electron chi connectivity index (χ1n) is 7.33. The molecular weight excluding hydrogens is 276 g/mol. The lowest BCUT2D eigenvalue weighted by Crippen LogP contribution is -3.28. The Morgan fingerprint density at radius 1 is 1.05 bits per heavy atom. The number of likely N-dealkylation sites (N-methyl/N-ethyl adjacent to an activating group) is 1. The molecule has 1 aliphatic rings. The van der Waals surface area contributed by atoms with E-state index in [1.165, 1.54) is 56.3 Å². The van der Waals surface area contributed by atoms with Gasteiger partial charge in [-0.2, -0.15) is 0 Å². The summed E-state index contributed by atoms with van der Waals surface area (Å²) >= 11 is 7.83. The van der Waals surface area contributed by atoms with Gasteiger partial charge in [0.2, 0.25) is 0 Å². The molecular formula is C15H25ClN2S+2. The number of hydrogen-bond acceptors (Lipinski definition) is 1. The number of piperazine rings is 1. The first-order chi connectivity index (χ1) is 9.28. The van der Waals surface area contributed by atoms with Gasteiger partial charge in [-0.3, -0.25) is 0 Å². The van der Waals surface area contributed by atoms with Crippen molar-refractivity contribution in [2.75, 3.05) is 45.0 Å². The molecule has 0 atom stereocenters. The van der Waals surface area contributed by atoms with E-state index in [1.807, 2.05) is 23.9 Å². The zero-order valence-electron chi connectivity index (χ0n) is 11.8. The van der Waals surface area contributed by atoms with E-state index in [0.717, 1.165) is 5.02 Å². The Bertz CT molecular complexity index is 361. The second-order valence-electron chi connectivity index (χ2n) is 5.26. The molecule has 2 rings (SSSR count). The summed E-state index contributed by atoms with van der Waals surface area (Å²) in [6.07, 6.45) is 1.31. The smallest absolute Gasteiger partial charge is 0.127 e. The van der Waals surface area contributed by atoms with Crippen molar-refractivity contribution in [3.63, 3.8) is 0 Å². The molecule has 0 aromatic heterocycles. The van der Waals surface area contributed by atoms with E-state index in [-0.39, 0.29) is 0 Å². The van der Waals surface area contributed by atoms with Crippen LogP contribution in [0.25, 0.3) is 0 Å². The predicted octanol–water partition coefficient (Wildman–Crippen LogP) is 0.626. The average Bonchev–Trinajstić information content (AvgIpc) is 2.46. The van der Waals surface area contributed by atoms with Crippen LogP contribution < -0.4 is 9.80 Å². The van der Waals surface area contributed by atoms with Crippen LogP contribution in [0.5, 0.6) is 0 Å². The average molecular weight is 301 g/mol. The van der Waals surface area contributed by atoms with Crippen LogP contribution in [0.2, 0.25) is 5.02 Å². The Morgan fingerprint density at radius 2 is 1.68 bits per heavy atom. The molecule has 1 aromatic rings. The molecule has 0 spiro atoms. The van der Waals surface area contributed by atoms with Gasteiger partial charge in [-0.15, -0.1) is 11.8 Å². The zero-order valence-corrected chi connectivity index (χ0v) is 13.3. The third kappa shape index (κ3) is 5.35. The van der Waals surface area contributed by atoms with Crippen molar-refractivity contribution >= 4 is 23.4 Å². The fourth-order valence-electron chi connectivity index (χ4n) is 2.60. The molecule has 19 heavy (non-hydrogen) atoms. The summed E-state index contributed by atoms with van der Waals surface area (Å²) < 4.78 is 0. The van der Waals surface area contributed by atoms with Crippen molar-refractivity contribution in [3.05, 3.63) is 29.3 Å². The van der Waals surface area contributed by atoms with Gasteiger partial charge in [0.05, 0.1) is 13.1 Å². The van der Waals surface area contributed by atoms with E-state index in [2.05, 4.69) is 19.1 Å². The summed E-state index contributed by atoms with van der Waals surface area (Å²) in [7, 11) is 0. The quantitative estimate of drug-likeness (QED) is 0.578. The van der Waals surface area contributed by atoms with Gasteiger partial charge in [0.15, 0.2) is 0 Å². The third-order valence-electron chi connectivity index (χ3n) is 3.92. The van der Waals surface area contributed by atoms with Gasteiger partial charge in [-0.05, 0) is 31.2 Å². The molecule has 0 bridgehead atoms. The van der Waals surface area contributed by atoms with Crippen LogP contribution in [0.4, 0.5) is 0 Å². The minimum atomic E-state index is 0.824. The molecule has 1 saturated heterocycles. The van der Waals surface area contributed by atoms with Gasteiger partial charge in [-0.1, -0.05) is 11.6 Å². The van der Waals surface area contributed by atoms with Gasteiger partial charge in [-0.25, -0.2) is 0 Å². The minimum Gasteiger partial charge on any atom is -0.326 e. The van der Waals surface area contributed by atoms with Crippen molar-refractivity contribution in [1.82, 2.24) is 0 Å².